The minimum Gasteiger partial charge on any atom is -0.352 e. The van der Waals surface area contributed by atoms with Crippen molar-refractivity contribution >= 4 is 35.8 Å². The zero-order valence-electron chi connectivity index (χ0n) is 16.3. The van der Waals surface area contributed by atoms with Gasteiger partial charge in [0.05, 0.1) is 12.2 Å². The summed E-state index contributed by atoms with van der Waals surface area (Å²) in [5.74, 6) is 0.653. The van der Waals surface area contributed by atoms with Crippen LogP contribution in [0.4, 0.5) is 0 Å². The van der Waals surface area contributed by atoms with E-state index in [1.54, 1.807) is 13.2 Å². The van der Waals surface area contributed by atoms with Crippen molar-refractivity contribution in [3.8, 4) is 0 Å². The van der Waals surface area contributed by atoms with E-state index in [1.165, 1.54) is 0 Å². The van der Waals surface area contributed by atoms with Crippen LogP contribution in [0.15, 0.2) is 41.5 Å². The predicted octanol–water partition coefficient (Wildman–Crippen LogP) is 2.43. The quantitative estimate of drug-likeness (QED) is 0.320. The number of carbonyl (C=O) groups excluding carboxylic acids is 1. The number of amides is 1. The molecule has 0 fully saturated rings. The minimum atomic E-state index is -0.0417. The Balaban J connectivity index is 0.00000364. The molecule has 148 valence electrons. The largest absolute Gasteiger partial charge is 0.352 e. The van der Waals surface area contributed by atoms with Gasteiger partial charge in [0, 0.05) is 38.4 Å². The van der Waals surface area contributed by atoms with E-state index < -0.39 is 0 Å². The van der Waals surface area contributed by atoms with E-state index in [2.05, 4.69) is 33.0 Å². The lowest BCUT2D eigenvalue weighted by molar-refractivity contribution is 0.0939. The SMILES string of the molecule is CCC(C)NC(=O)c1cccc(CNC(=NC)NCc2ccnn2C)c1.I. The van der Waals surface area contributed by atoms with E-state index >= 15 is 0 Å². The van der Waals surface area contributed by atoms with Crippen LogP contribution in [0.5, 0.6) is 0 Å². The van der Waals surface area contributed by atoms with Gasteiger partial charge in [-0.15, -0.1) is 24.0 Å². The highest BCUT2D eigenvalue weighted by Crippen LogP contribution is 2.06. The maximum atomic E-state index is 12.3. The van der Waals surface area contributed by atoms with Crippen LogP contribution < -0.4 is 16.0 Å². The van der Waals surface area contributed by atoms with Gasteiger partial charge < -0.3 is 16.0 Å². The van der Waals surface area contributed by atoms with Crippen molar-refractivity contribution in [2.24, 2.45) is 12.0 Å². The number of hydrogen-bond acceptors (Lipinski definition) is 3. The van der Waals surface area contributed by atoms with Crippen molar-refractivity contribution in [2.75, 3.05) is 7.05 Å². The molecule has 1 atom stereocenters. The van der Waals surface area contributed by atoms with E-state index in [0.717, 1.165) is 17.7 Å². The topological polar surface area (TPSA) is 83.3 Å². The molecule has 0 aliphatic rings. The number of aryl methyl sites for hydroxylation is 1. The molecule has 1 unspecified atom stereocenters. The fourth-order valence-electron chi connectivity index (χ4n) is 2.39. The molecule has 27 heavy (non-hydrogen) atoms. The third-order valence-corrected chi connectivity index (χ3v) is 4.22. The molecule has 0 aliphatic carbocycles. The van der Waals surface area contributed by atoms with Gasteiger partial charge in [0.25, 0.3) is 5.91 Å². The Morgan fingerprint density at radius 2 is 2.00 bits per heavy atom. The molecule has 0 aliphatic heterocycles. The first-order valence-electron chi connectivity index (χ1n) is 8.84. The summed E-state index contributed by atoms with van der Waals surface area (Å²) < 4.78 is 1.82. The molecule has 0 bridgehead atoms. The van der Waals surface area contributed by atoms with E-state index in [1.807, 2.05) is 49.0 Å². The van der Waals surface area contributed by atoms with E-state index in [4.69, 9.17) is 0 Å². The Morgan fingerprint density at radius 3 is 2.63 bits per heavy atom. The summed E-state index contributed by atoms with van der Waals surface area (Å²) in [5, 5.41) is 13.6. The first kappa shape index (κ1) is 22.9. The number of halogens is 1. The second-order valence-electron chi connectivity index (χ2n) is 6.21. The Morgan fingerprint density at radius 1 is 1.26 bits per heavy atom. The number of rotatable bonds is 7. The van der Waals surface area contributed by atoms with Crippen LogP contribution in [0.2, 0.25) is 0 Å². The lowest BCUT2D eigenvalue weighted by Crippen LogP contribution is -2.36. The number of aromatic nitrogens is 2. The summed E-state index contributed by atoms with van der Waals surface area (Å²) in [6.07, 6.45) is 2.68. The maximum Gasteiger partial charge on any atom is 0.251 e. The Labute approximate surface area is 178 Å². The molecule has 0 radical (unpaired) electrons. The lowest BCUT2D eigenvalue weighted by atomic mass is 10.1. The molecule has 1 aromatic carbocycles. The molecule has 7 nitrogen and oxygen atoms in total. The monoisotopic (exact) mass is 484 g/mol. The molecule has 1 heterocycles. The van der Waals surface area contributed by atoms with Crippen molar-refractivity contribution in [1.82, 2.24) is 25.7 Å². The molecular formula is C19H29IN6O. The molecule has 0 spiro atoms. The molecule has 0 saturated carbocycles. The van der Waals surface area contributed by atoms with Gasteiger partial charge in [-0.25, -0.2) is 0 Å². The zero-order valence-corrected chi connectivity index (χ0v) is 18.7. The lowest BCUT2D eigenvalue weighted by Gasteiger charge is -2.14. The maximum absolute atomic E-state index is 12.3. The van der Waals surface area contributed by atoms with Crippen molar-refractivity contribution in [3.63, 3.8) is 0 Å². The average Bonchev–Trinajstić information content (AvgIpc) is 3.07. The van der Waals surface area contributed by atoms with Crippen molar-refractivity contribution in [3.05, 3.63) is 53.3 Å². The zero-order chi connectivity index (χ0) is 18.9. The first-order chi connectivity index (χ1) is 12.5. The van der Waals surface area contributed by atoms with E-state index in [9.17, 15) is 4.79 Å². The number of aliphatic imine (C=N–C) groups is 1. The minimum absolute atomic E-state index is 0. The number of benzene rings is 1. The molecule has 0 saturated heterocycles. The van der Waals surface area contributed by atoms with Gasteiger partial charge in [0.15, 0.2) is 5.96 Å². The third-order valence-electron chi connectivity index (χ3n) is 4.22. The molecule has 3 N–H and O–H groups in total. The molecular weight excluding hydrogens is 455 g/mol. The third kappa shape index (κ3) is 7.20. The number of nitrogens with one attached hydrogen (secondary N) is 3. The Hall–Kier alpha value is -2.10. The van der Waals surface area contributed by atoms with Crippen LogP contribution in [-0.2, 0) is 20.1 Å². The van der Waals surface area contributed by atoms with Crippen molar-refractivity contribution < 1.29 is 4.79 Å². The van der Waals surface area contributed by atoms with Crippen LogP contribution in [0.1, 0.15) is 41.9 Å². The van der Waals surface area contributed by atoms with Crippen LogP contribution in [0.3, 0.4) is 0 Å². The highest BCUT2D eigenvalue weighted by molar-refractivity contribution is 14.0. The fourth-order valence-corrected chi connectivity index (χ4v) is 2.39. The fraction of sp³-hybridized carbons (Fsp3) is 0.421. The number of guanidine groups is 1. The van der Waals surface area contributed by atoms with Gasteiger partial charge in [-0.3, -0.25) is 14.5 Å². The Kier molecular flexibility index (Phi) is 9.84. The second-order valence-corrected chi connectivity index (χ2v) is 6.21. The van der Waals surface area contributed by atoms with Gasteiger partial charge in [0.2, 0.25) is 0 Å². The molecule has 2 aromatic rings. The second kappa shape index (κ2) is 11.6. The molecule has 1 aromatic heterocycles. The van der Waals surface area contributed by atoms with E-state index in [0.29, 0.717) is 24.6 Å². The van der Waals surface area contributed by atoms with Gasteiger partial charge >= 0.3 is 0 Å². The standard InChI is InChI=1S/C19H28N6O.HI/c1-5-14(2)24-18(26)16-8-6-7-15(11-16)12-21-19(20-3)22-13-17-9-10-23-25(17)4;/h6-11,14H,5,12-13H2,1-4H3,(H,24,26)(H2,20,21,22);1H. The van der Waals surface area contributed by atoms with Gasteiger partial charge in [0.1, 0.15) is 0 Å². The van der Waals surface area contributed by atoms with Crippen molar-refractivity contribution in [1.29, 1.82) is 0 Å². The van der Waals surface area contributed by atoms with Crippen LogP contribution in [-0.4, -0.2) is 34.7 Å². The highest BCUT2D eigenvalue weighted by Gasteiger charge is 2.09. The first-order valence-corrected chi connectivity index (χ1v) is 8.84. The summed E-state index contributed by atoms with van der Waals surface area (Å²) >= 11 is 0. The number of nitrogens with zero attached hydrogens (tertiary/aromatic N) is 3. The average molecular weight is 484 g/mol. The smallest absolute Gasteiger partial charge is 0.251 e. The molecule has 8 heteroatoms. The van der Waals surface area contributed by atoms with Gasteiger partial charge in [-0.1, -0.05) is 19.1 Å². The number of carbonyl (C=O) groups is 1. The molecule has 1 amide bonds. The van der Waals surface area contributed by atoms with Crippen LogP contribution >= 0.6 is 24.0 Å². The number of hydrogen-bond donors (Lipinski definition) is 3. The highest BCUT2D eigenvalue weighted by atomic mass is 127. The summed E-state index contributed by atoms with van der Waals surface area (Å²) in [4.78, 5) is 16.5. The predicted molar refractivity (Wildman–Crippen MR) is 119 cm³/mol. The summed E-state index contributed by atoms with van der Waals surface area (Å²) in [5.41, 5.74) is 2.75. The van der Waals surface area contributed by atoms with E-state index in [-0.39, 0.29) is 35.9 Å². The van der Waals surface area contributed by atoms with Crippen LogP contribution in [0.25, 0.3) is 0 Å². The molecule has 2 rings (SSSR count). The summed E-state index contributed by atoms with van der Waals surface area (Å²) in [7, 11) is 3.64. The van der Waals surface area contributed by atoms with Gasteiger partial charge in [-0.2, -0.15) is 5.10 Å². The normalized spacial score (nSPS) is 12.1. The summed E-state index contributed by atoms with van der Waals surface area (Å²) in [6, 6.07) is 9.74. The van der Waals surface area contributed by atoms with Gasteiger partial charge in [-0.05, 0) is 37.1 Å². The summed E-state index contributed by atoms with van der Waals surface area (Å²) in [6.45, 7) is 5.26. The van der Waals surface area contributed by atoms with Crippen molar-refractivity contribution in [2.45, 2.75) is 39.4 Å². The Bertz CT molecular complexity index is 758. The van der Waals surface area contributed by atoms with Crippen LogP contribution in [0, 0.1) is 0 Å².